The Hall–Kier alpha value is -12.4. The Bertz CT molecular complexity index is 6170. The van der Waals surface area contributed by atoms with E-state index in [9.17, 15) is 0 Å². The van der Waals surface area contributed by atoms with Gasteiger partial charge in [0.1, 0.15) is 33.9 Å². The molecule has 0 saturated carbocycles. The largest absolute Gasteiger partial charge is 0.456 e. The van der Waals surface area contributed by atoms with Gasteiger partial charge in [-0.2, -0.15) is 0 Å². The van der Waals surface area contributed by atoms with Crippen LogP contribution in [0.3, 0.4) is 0 Å². The SMILES string of the molecule is CC(C)(C)c1ccc(-c2c(N(c3ccc(-c4cc5ccccc5o4)cc3)c3ccc4c(c3)C(C)(C)c3c-4ccc4ccccc34)oc3c2ccc2c3ccc3c(-c4ccc(C(C)(C)C)cc4)c(N(c4ccc(-c5cc6ccccc6o5)cc4)c4ccc5c(c4)C(C)(C)c4c-5ccc5ccccc45)oc32)cc1. The van der Waals surface area contributed by atoms with Crippen molar-refractivity contribution >= 4 is 111 Å². The molecule has 0 unspecified atom stereocenters. The standard InChI is InChI=1S/C100H78N2O4/c1-97(2,3)67-37-27-63(28-38-67)89-81-53-51-80-79(93(81)105-95(89)101(69-41-31-61(32-42-69)87-55-65-21-13-17-25-85(65)103-87)71-45-49-75-77-47-35-59-19-11-15-23-73(59)91(77)99(7,8)83(75)57-71)52-54-82-90(64-29-39-68(40-30-64)98(4,5)6)96(106-94(80)82)102(70-43-33-62(34-44-70)88-56-66-22-14-18-26-86(66)104-88)72-46-50-76-78-48-36-60-20-12-16-24-74(60)92(78)100(9,10)84(76)58-72/h11-58H,1-10H3. The van der Waals surface area contributed by atoms with Gasteiger partial charge in [-0.3, -0.25) is 9.80 Å². The Morgan fingerprint density at radius 3 is 1.00 bits per heavy atom. The summed E-state index contributed by atoms with van der Waals surface area (Å²) in [5.41, 5.74) is 25.0. The maximum absolute atomic E-state index is 7.91. The van der Waals surface area contributed by atoms with Gasteiger partial charge in [-0.05, 0) is 220 Å². The summed E-state index contributed by atoms with van der Waals surface area (Å²) in [4.78, 5) is 4.69. The second-order valence-electron chi connectivity index (χ2n) is 32.4. The molecule has 6 nitrogen and oxygen atoms in total. The van der Waals surface area contributed by atoms with Crippen LogP contribution in [0.1, 0.15) is 103 Å². The van der Waals surface area contributed by atoms with Crippen molar-refractivity contribution in [2.45, 2.75) is 90.9 Å². The summed E-state index contributed by atoms with van der Waals surface area (Å²) in [6.07, 6.45) is 0. The van der Waals surface area contributed by atoms with Crippen molar-refractivity contribution in [3.63, 3.8) is 0 Å². The van der Waals surface area contributed by atoms with E-state index in [1.807, 2.05) is 24.3 Å². The number of para-hydroxylation sites is 2. The third kappa shape index (κ3) is 9.76. The zero-order chi connectivity index (χ0) is 71.9. The number of rotatable bonds is 10. The first-order valence-electron chi connectivity index (χ1n) is 37.1. The molecule has 20 rings (SSSR count). The minimum atomic E-state index is -0.332. The maximum atomic E-state index is 7.91. The highest BCUT2D eigenvalue weighted by Gasteiger charge is 2.41. The molecule has 0 aliphatic heterocycles. The fourth-order valence-corrected chi connectivity index (χ4v) is 17.7. The summed E-state index contributed by atoms with van der Waals surface area (Å²) in [6, 6.07) is 107. The van der Waals surface area contributed by atoms with E-state index in [2.05, 4.69) is 346 Å². The Morgan fingerprint density at radius 1 is 0.274 bits per heavy atom. The van der Waals surface area contributed by atoms with Crippen LogP contribution in [0.5, 0.6) is 0 Å². The Balaban J connectivity index is 0.822. The fraction of sp³-hybridized carbons (Fsp3) is 0.140. The lowest BCUT2D eigenvalue weighted by molar-refractivity contribution is 0.590. The van der Waals surface area contributed by atoms with Crippen LogP contribution in [0.4, 0.5) is 34.5 Å². The van der Waals surface area contributed by atoms with Gasteiger partial charge in [-0.1, -0.05) is 239 Å². The van der Waals surface area contributed by atoms with E-state index in [4.69, 9.17) is 17.7 Å². The third-order valence-electron chi connectivity index (χ3n) is 23.2. The molecular formula is C100H78N2O4. The van der Waals surface area contributed by atoms with Gasteiger partial charge >= 0.3 is 0 Å². The molecule has 106 heavy (non-hydrogen) atoms. The highest BCUT2D eigenvalue weighted by atomic mass is 16.4. The van der Waals surface area contributed by atoms with E-state index in [-0.39, 0.29) is 21.7 Å². The number of fused-ring (bicyclic) bond motifs is 17. The number of anilines is 6. The lowest BCUT2D eigenvalue weighted by atomic mass is 9.80. The molecule has 0 saturated heterocycles. The molecule has 4 aromatic heterocycles. The van der Waals surface area contributed by atoms with Gasteiger partial charge in [-0.25, -0.2) is 0 Å². The summed E-state index contributed by atoms with van der Waals surface area (Å²) in [5, 5.41) is 11.0. The van der Waals surface area contributed by atoms with Gasteiger partial charge in [-0.15, -0.1) is 0 Å². The molecular weight excluding hydrogens is 1290 g/mol. The number of furan rings is 4. The van der Waals surface area contributed by atoms with Gasteiger partial charge in [0.05, 0.1) is 11.1 Å². The van der Waals surface area contributed by atoms with E-state index in [1.54, 1.807) is 0 Å². The highest BCUT2D eigenvalue weighted by molar-refractivity contribution is 6.21. The van der Waals surface area contributed by atoms with E-state index in [0.29, 0.717) is 11.8 Å². The normalized spacial score (nSPS) is 13.7. The maximum Gasteiger partial charge on any atom is 0.213 e. The van der Waals surface area contributed by atoms with Crippen LogP contribution >= 0.6 is 0 Å². The predicted octanol–water partition coefficient (Wildman–Crippen LogP) is 28.9. The van der Waals surface area contributed by atoms with Gasteiger partial charge in [0.2, 0.25) is 11.8 Å². The molecule has 512 valence electrons. The predicted molar refractivity (Wildman–Crippen MR) is 442 cm³/mol. The van der Waals surface area contributed by atoms with Crippen LogP contribution in [0.25, 0.3) is 143 Å². The second-order valence-corrected chi connectivity index (χ2v) is 32.4. The lowest BCUT2D eigenvalue weighted by Crippen LogP contribution is -2.17. The fourth-order valence-electron chi connectivity index (χ4n) is 17.7. The first-order valence-corrected chi connectivity index (χ1v) is 37.1. The zero-order valence-electron chi connectivity index (χ0n) is 61.2. The van der Waals surface area contributed by atoms with Crippen LogP contribution in [0, 0.1) is 0 Å². The van der Waals surface area contributed by atoms with Gasteiger partial charge < -0.3 is 17.7 Å². The van der Waals surface area contributed by atoms with Crippen molar-refractivity contribution < 1.29 is 17.7 Å². The van der Waals surface area contributed by atoms with Crippen molar-refractivity contribution in [3.05, 3.63) is 325 Å². The first kappa shape index (κ1) is 63.3. The highest BCUT2D eigenvalue weighted by Crippen LogP contribution is 2.58. The van der Waals surface area contributed by atoms with Crippen molar-refractivity contribution in [2.24, 2.45) is 0 Å². The van der Waals surface area contributed by atoms with Crippen molar-refractivity contribution in [1.82, 2.24) is 0 Å². The van der Waals surface area contributed by atoms with E-state index in [1.165, 1.54) is 77.2 Å². The molecule has 2 aliphatic rings. The van der Waals surface area contributed by atoms with E-state index >= 15 is 0 Å². The number of hydrogen-bond donors (Lipinski definition) is 0. The molecule has 0 radical (unpaired) electrons. The van der Waals surface area contributed by atoms with E-state index < -0.39 is 0 Å². The van der Waals surface area contributed by atoms with Gasteiger partial charge in [0.15, 0.2) is 0 Å². The monoisotopic (exact) mass is 1370 g/mol. The quantitative estimate of drug-likeness (QED) is 0.136. The molecule has 14 aromatic carbocycles. The summed E-state index contributed by atoms with van der Waals surface area (Å²) < 4.78 is 28.9. The topological polar surface area (TPSA) is 59.0 Å². The van der Waals surface area contributed by atoms with Gasteiger partial charge in [0.25, 0.3) is 0 Å². The summed E-state index contributed by atoms with van der Waals surface area (Å²) in [7, 11) is 0. The summed E-state index contributed by atoms with van der Waals surface area (Å²) in [5.74, 6) is 3.03. The molecule has 0 bridgehead atoms. The zero-order valence-corrected chi connectivity index (χ0v) is 61.2. The van der Waals surface area contributed by atoms with Crippen LogP contribution in [-0.4, -0.2) is 0 Å². The molecule has 18 aromatic rings. The minimum absolute atomic E-state index is 0.0721. The molecule has 6 heteroatoms. The van der Waals surface area contributed by atoms with Crippen LogP contribution in [0.2, 0.25) is 0 Å². The Labute approximate surface area is 617 Å². The third-order valence-corrected chi connectivity index (χ3v) is 23.2. The second kappa shape index (κ2) is 23.1. The van der Waals surface area contributed by atoms with Crippen LogP contribution in [-0.2, 0) is 21.7 Å². The Morgan fingerprint density at radius 2 is 0.613 bits per heavy atom. The minimum Gasteiger partial charge on any atom is -0.456 e. The van der Waals surface area contributed by atoms with Crippen LogP contribution < -0.4 is 9.80 Å². The first-order chi connectivity index (χ1) is 51.3. The molecule has 0 N–H and O–H groups in total. The van der Waals surface area contributed by atoms with Gasteiger partial charge in [0, 0.05) is 77.0 Å². The number of hydrogen-bond acceptors (Lipinski definition) is 6. The summed E-state index contributed by atoms with van der Waals surface area (Å²) >= 11 is 0. The number of benzene rings is 14. The average Bonchev–Trinajstić information content (AvgIpc) is 1.56. The van der Waals surface area contributed by atoms with Crippen molar-refractivity contribution in [2.75, 3.05) is 9.80 Å². The molecule has 0 spiro atoms. The molecule has 0 fully saturated rings. The molecule has 0 atom stereocenters. The molecule has 0 amide bonds. The molecule has 4 heterocycles. The summed E-state index contributed by atoms with van der Waals surface area (Å²) in [6.45, 7) is 23.2. The van der Waals surface area contributed by atoms with Crippen LogP contribution in [0.15, 0.2) is 309 Å². The van der Waals surface area contributed by atoms with E-state index in [0.717, 1.165) is 122 Å². The van der Waals surface area contributed by atoms with Crippen molar-refractivity contribution in [3.8, 4) is 67.2 Å². The Kier molecular flexibility index (Phi) is 13.8. The molecule has 2 aliphatic carbocycles. The van der Waals surface area contributed by atoms with Crippen molar-refractivity contribution in [1.29, 1.82) is 0 Å². The average molecular weight is 1370 g/mol. The smallest absolute Gasteiger partial charge is 0.213 e. The lowest BCUT2D eigenvalue weighted by Gasteiger charge is -2.27. The number of nitrogens with zero attached hydrogens (tertiary/aromatic N) is 2.